The van der Waals surface area contributed by atoms with Gasteiger partial charge in [0.15, 0.2) is 0 Å². The molecule has 2 nitrogen and oxygen atoms in total. The molecular weight excluding hydrogens is 379 g/mol. The predicted octanol–water partition coefficient (Wildman–Crippen LogP) is 5.78. The molecule has 0 saturated carbocycles. The molecule has 3 aromatic rings. The smallest absolute Gasteiger partial charge is 0.123 e. The Hall–Kier alpha value is -2.04. The number of halogens is 1. The van der Waals surface area contributed by atoms with E-state index in [9.17, 15) is 4.39 Å². The second kappa shape index (κ2) is 8.00. The standard InChI is InChI=1S/C25H31FN2S/c1-19-5-7-21(8-6-19)25-17-22(18-27-13-15-29(3,4)16-14-27)20(2)28(25)24-11-9-23(26)10-12-24/h5-12,17H,13-16,18H2,1-4H3. The molecule has 154 valence electrons. The number of hydrogen-bond acceptors (Lipinski definition) is 1. The molecule has 1 aliphatic rings. The molecule has 1 saturated heterocycles. The lowest BCUT2D eigenvalue weighted by Gasteiger charge is -2.41. The number of nitrogens with zero attached hydrogens (tertiary/aromatic N) is 2. The zero-order chi connectivity index (χ0) is 20.6. The van der Waals surface area contributed by atoms with Gasteiger partial charge in [0.1, 0.15) is 5.82 Å². The SMILES string of the molecule is Cc1ccc(-c2cc(CN3CCS(C)(C)CC3)c(C)n2-c2ccc(F)cc2)cc1. The minimum Gasteiger partial charge on any atom is -0.314 e. The lowest BCUT2D eigenvalue weighted by atomic mass is 10.1. The van der Waals surface area contributed by atoms with Gasteiger partial charge in [-0.15, -0.1) is 0 Å². The molecule has 0 N–H and O–H groups in total. The van der Waals surface area contributed by atoms with Crippen LogP contribution in [0.4, 0.5) is 4.39 Å². The molecule has 1 fully saturated rings. The monoisotopic (exact) mass is 410 g/mol. The second-order valence-electron chi connectivity index (χ2n) is 8.77. The van der Waals surface area contributed by atoms with Crippen LogP contribution in [0.15, 0.2) is 54.6 Å². The topological polar surface area (TPSA) is 8.17 Å². The van der Waals surface area contributed by atoms with Crippen molar-refractivity contribution >= 4 is 10.0 Å². The van der Waals surface area contributed by atoms with Gasteiger partial charge in [-0.05, 0) is 79.3 Å². The summed E-state index contributed by atoms with van der Waals surface area (Å²) in [6, 6.07) is 17.8. The number of aromatic nitrogens is 1. The van der Waals surface area contributed by atoms with Gasteiger partial charge in [0.05, 0.1) is 5.69 Å². The third-order valence-electron chi connectivity index (χ3n) is 6.10. The molecule has 0 unspecified atom stereocenters. The van der Waals surface area contributed by atoms with Gasteiger partial charge >= 0.3 is 0 Å². The van der Waals surface area contributed by atoms with Crippen molar-refractivity contribution in [3.8, 4) is 16.9 Å². The molecule has 4 rings (SSSR count). The van der Waals surface area contributed by atoms with Crippen molar-refractivity contribution < 1.29 is 4.39 Å². The van der Waals surface area contributed by atoms with E-state index >= 15 is 0 Å². The van der Waals surface area contributed by atoms with E-state index in [0.29, 0.717) is 0 Å². The molecule has 0 atom stereocenters. The van der Waals surface area contributed by atoms with Crippen LogP contribution < -0.4 is 0 Å². The molecule has 2 aromatic carbocycles. The van der Waals surface area contributed by atoms with Crippen LogP contribution in [-0.4, -0.2) is 46.6 Å². The van der Waals surface area contributed by atoms with E-state index in [1.54, 1.807) is 12.1 Å². The van der Waals surface area contributed by atoms with Gasteiger partial charge < -0.3 is 4.57 Å². The first-order chi connectivity index (χ1) is 13.8. The van der Waals surface area contributed by atoms with Crippen molar-refractivity contribution in [1.82, 2.24) is 9.47 Å². The van der Waals surface area contributed by atoms with Gasteiger partial charge in [0.2, 0.25) is 0 Å². The predicted molar refractivity (Wildman–Crippen MR) is 125 cm³/mol. The fraction of sp³-hybridized carbons (Fsp3) is 0.360. The van der Waals surface area contributed by atoms with Crippen LogP contribution >= 0.6 is 10.0 Å². The molecule has 4 heteroatoms. The van der Waals surface area contributed by atoms with E-state index in [1.165, 1.54) is 52.7 Å². The van der Waals surface area contributed by atoms with Crippen molar-refractivity contribution in [3.05, 3.63) is 77.2 Å². The summed E-state index contributed by atoms with van der Waals surface area (Å²) in [6.45, 7) is 7.65. The van der Waals surface area contributed by atoms with Crippen molar-refractivity contribution in [2.75, 3.05) is 37.1 Å². The normalized spacial score (nSPS) is 18.0. The number of benzene rings is 2. The van der Waals surface area contributed by atoms with Crippen molar-refractivity contribution in [3.63, 3.8) is 0 Å². The number of rotatable bonds is 4. The molecule has 0 amide bonds. The van der Waals surface area contributed by atoms with E-state index in [-0.39, 0.29) is 5.82 Å². The maximum absolute atomic E-state index is 13.5. The van der Waals surface area contributed by atoms with Gasteiger partial charge in [-0.1, -0.05) is 29.8 Å². The molecular formula is C25H31FN2S. The molecule has 1 aliphatic heterocycles. The van der Waals surface area contributed by atoms with E-state index in [2.05, 4.69) is 66.2 Å². The van der Waals surface area contributed by atoms with Crippen LogP contribution in [0.1, 0.15) is 16.8 Å². The second-order valence-corrected chi connectivity index (χ2v) is 13.1. The Morgan fingerprint density at radius 3 is 2.14 bits per heavy atom. The van der Waals surface area contributed by atoms with E-state index < -0.39 is 10.0 Å². The van der Waals surface area contributed by atoms with E-state index in [0.717, 1.165) is 12.2 Å². The molecule has 2 heterocycles. The van der Waals surface area contributed by atoms with Gasteiger partial charge in [-0.2, -0.15) is 0 Å². The molecule has 29 heavy (non-hydrogen) atoms. The van der Waals surface area contributed by atoms with Gasteiger partial charge in [-0.25, -0.2) is 14.4 Å². The Morgan fingerprint density at radius 2 is 1.52 bits per heavy atom. The summed E-state index contributed by atoms with van der Waals surface area (Å²) in [4.78, 5) is 2.59. The highest BCUT2D eigenvalue weighted by molar-refractivity contribution is 8.32. The first kappa shape index (κ1) is 20.2. The van der Waals surface area contributed by atoms with E-state index in [4.69, 9.17) is 0 Å². The summed E-state index contributed by atoms with van der Waals surface area (Å²) in [5.41, 5.74) is 7.23. The Balaban J connectivity index is 1.72. The molecule has 0 aliphatic carbocycles. The Kier molecular flexibility index (Phi) is 5.58. The summed E-state index contributed by atoms with van der Waals surface area (Å²) >= 11 is 0. The Labute approximate surface area is 175 Å². The highest BCUT2D eigenvalue weighted by atomic mass is 32.3. The van der Waals surface area contributed by atoms with Crippen LogP contribution in [0.5, 0.6) is 0 Å². The van der Waals surface area contributed by atoms with Crippen LogP contribution in [0.3, 0.4) is 0 Å². The lowest BCUT2D eigenvalue weighted by molar-refractivity contribution is 0.292. The number of hydrogen-bond donors (Lipinski definition) is 0. The lowest BCUT2D eigenvalue weighted by Crippen LogP contribution is -2.37. The van der Waals surface area contributed by atoms with Gasteiger partial charge in [-0.3, -0.25) is 4.90 Å². The van der Waals surface area contributed by atoms with Crippen molar-refractivity contribution in [2.24, 2.45) is 0 Å². The van der Waals surface area contributed by atoms with Crippen molar-refractivity contribution in [1.29, 1.82) is 0 Å². The molecule has 1 aromatic heterocycles. The third-order valence-corrected chi connectivity index (χ3v) is 8.67. The maximum atomic E-state index is 13.5. The fourth-order valence-corrected chi connectivity index (χ4v) is 5.75. The first-order valence-corrected chi connectivity index (χ1v) is 13.1. The average Bonchev–Trinajstić information content (AvgIpc) is 3.01. The fourth-order valence-electron chi connectivity index (χ4n) is 4.04. The van der Waals surface area contributed by atoms with Crippen LogP contribution in [-0.2, 0) is 6.54 Å². The minimum absolute atomic E-state index is 0.200. The summed E-state index contributed by atoms with van der Waals surface area (Å²) < 4.78 is 15.8. The minimum atomic E-state index is -0.398. The summed E-state index contributed by atoms with van der Waals surface area (Å²) in [6.07, 6.45) is 4.91. The zero-order valence-electron chi connectivity index (χ0n) is 17.9. The highest BCUT2D eigenvalue weighted by Crippen LogP contribution is 2.42. The average molecular weight is 411 g/mol. The quantitative estimate of drug-likeness (QED) is 0.529. The van der Waals surface area contributed by atoms with Crippen LogP contribution in [0, 0.1) is 19.7 Å². The van der Waals surface area contributed by atoms with Gasteiger partial charge in [0.25, 0.3) is 0 Å². The van der Waals surface area contributed by atoms with Gasteiger partial charge in [0, 0.05) is 31.0 Å². The summed E-state index contributed by atoms with van der Waals surface area (Å²) in [5, 5.41) is 0. The molecule has 0 spiro atoms. The molecule has 0 radical (unpaired) electrons. The third kappa shape index (κ3) is 4.44. The van der Waals surface area contributed by atoms with Crippen molar-refractivity contribution in [2.45, 2.75) is 20.4 Å². The number of aryl methyl sites for hydroxylation is 1. The zero-order valence-corrected chi connectivity index (χ0v) is 18.7. The van der Waals surface area contributed by atoms with Crippen LogP contribution in [0.2, 0.25) is 0 Å². The summed E-state index contributed by atoms with van der Waals surface area (Å²) in [5.74, 6) is 2.46. The molecule has 0 bridgehead atoms. The highest BCUT2D eigenvalue weighted by Gasteiger charge is 2.23. The van der Waals surface area contributed by atoms with Crippen LogP contribution in [0.25, 0.3) is 16.9 Å². The largest absolute Gasteiger partial charge is 0.314 e. The summed E-state index contributed by atoms with van der Waals surface area (Å²) in [7, 11) is -0.398. The Bertz CT molecular complexity index is 977. The van der Waals surface area contributed by atoms with E-state index in [1.807, 2.05) is 12.1 Å². The maximum Gasteiger partial charge on any atom is 0.123 e. The Morgan fingerprint density at radius 1 is 0.897 bits per heavy atom. The first-order valence-electron chi connectivity index (χ1n) is 10.3.